The van der Waals surface area contributed by atoms with E-state index in [0.29, 0.717) is 12.1 Å². The van der Waals surface area contributed by atoms with Crippen molar-refractivity contribution in [2.45, 2.75) is 31.4 Å². The minimum Gasteiger partial charge on any atom is -0.378 e. The molecule has 2 aromatic rings. The molecule has 0 amide bonds. The summed E-state index contributed by atoms with van der Waals surface area (Å²) in [5.41, 5.74) is 1.31. The van der Waals surface area contributed by atoms with Crippen LogP contribution in [0.15, 0.2) is 36.4 Å². The molecule has 0 radical (unpaired) electrons. The smallest absolute Gasteiger partial charge is 0.0594 e. The van der Waals surface area contributed by atoms with Gasteiger partial charge in [-0.1, -0.05) is 41.9 Å². The predicted octanol–water partition coefficient (Wildman–Crippen LogP) is 4.32. The number of hydrogen-bond acceptors (Lipinski definition) is 2. The van der Waals surface area contributed by atoms with Crippen LogP contribution in [0.5, 0.6) is 0 Å². The molecule has 2 unspecified atom stereocenters. The molecule has 2 atom stereocenters. The fourth-order valence-corrected chi connectivity index (χ4v) is 3.31. The Morgan fingerprint density at radius 2 is 2.05 bits per heavy atom. The Bertz CT molecular complexity index is 593. The molecule has 106 valence electrons. The number of nitrogens with one attached hydrogen (secondary N) is 1. The monoisotopic (exact) mass is 289 g/mol. The van der Waals surface area contributed by atoms with Crippen molar-refractivity contribution in [3.63, 3.8) is 0 Å². The van der Waals surface area contributed by atoms with Crippen LogP contribution in [0.1, 0.15) is 30.9 Å². The van der Waals surface area contributed by atoms with Gasteiger partial charge >= 0.3 is 0 Å². The molecule has 3 heteroatoms. The summed E-state index contributed by atoms with van der Waals surface area (Å²) in [6, 6.07) is 12.8. The molecule has 1 heterocycles. The van der Waals surface area contributed by atoms with Crippen LogP contribution in [-0.2, 0) is 4.74 Å². The minimum absolute atomic E-state index is 0.306. The molecule has 0 bridgehead atoms. The Balaban J connectivity index is 1.96. The molecule has 0 aliphatic carbocycles. The number of ether oxygens (including phenoxy) is 1. The van der Waals surface area contributed by atoms with E-state index in [-0.39, 0.29) is 0 Å². The summed E-state index contributed by atoms with van der Waals surface area (Å²) < 4.78 is 5.78. The van der Waals surface area contributed by atoms with Crippen molar-refractivity contribution in [2.24, 2.45) is 0 Å². The largest absolute Gasteiger partial charge is 0.378 e. The SMILES string of the molecule is CNC(CC1CCCO1)c1ccc(Cl)c2ccccc12. The van der Waals surface area contributed by atoms with Gasteiger partial charge in [0.2, 0.25) is 0 Å². The fraction of sp³-hybridized carbons (Fsp3) is 0.412. The number of halogens is 1. The summed E-state index contributed by atoms with van der Waals surface area (Å²) in [4.78, 5) is 0. The van der Waals surface area contributed by atoms with Crippen LogP contribution in [0.2, 0.25) is 5.02 Å². The highest BCUT2D eigenvalue weighted by Crippen LogP contribution is 2.33. The van der Waals surface area contributed by atoms with Crippen molar-refractivity contribution in [1.29, 1.82) is 0 Å². The highest BCUT2D eigenvalue weighted by Gasteiger charge is 2.22. The predicted molar refractivity (Wildman–Crippen MR) is 84.3 cm³/mol. The maximum absolute atomic E-state index is 6.30. The Hall–Kier alpha value is -1.09. The molecule has 3 rings (SSSR count). The zero-order chi connectivity index (χ0) is 13.9. The maximum atomic E-state index is 6.30. The lowest BCUT2D eigenvalue weighted by Crippen LogP contribution is -2.22. The van der Waals surface area contributed by atoms with Crippen LogP contribution in [-0.4, -0.2) is 19.8 Å². The average Bonchev–Trinajstić information content (AvgIpc) is 2.99. The Labute approximate surface area is 125 Å². The third-order valence-corrected chi connectivity index (χ3v) is 4.48. The molecule has 1 aliphatic rings. The first-order valence-electron chi connectivity index (χ1n) is 7.25. The van der Waals surface area contributed by atoms with Gasteiger partial charge in [0.1, 0.15) is 0 Å². The molecule has 1 fully saturated rings. The van der Waals surface area contributed by atoms with Crippen molar-refractivity contribution in [1.82, 2.24) is 5.32 Å². The third-order valence-electron chi connectivity index (χ3n) is 4.15. The topological polar surface area (TPSA) is 21.3 Å². The van der Waals surface area contributed by atoms with Gasteiger partial charge in [-0.05, 0) is 43.3 Å². The van der Waals surface area contributed by atoms with E-state index in [1.54, 1.807) is 0 Å². The molecular formula is C17H20ClNO. The average molecular weight is 290 g/mol. The first-order valence-corrected chi connectivity index (χ1v) is 7.63. The van der Waals surface area contributed by atoms with Crippen molar-refractivity contribution in [3.05, 3.63) is 47.0 Å². The first kappa shape index (κ1) is 13.9. The quantitative estimate of drug-likeness (QED) is 0.905. The van der Waals surface area contributed by atoms with Gasteiger partial charge in [0.05, 0.1) is 6.10 Å². The summed E-state index contributed by atoms with van der Waals surface area (Å²) in [6.07, 6.45) is 3.75. The van der Waals surface area contributed by atoms with E-state index in [4.69, 9.17) is 16.3 Å². The van der Waals surface area contributed by atoms with Crippen LogP contribution >= 0.6 is 11.6 Å². The molecule has 0 saturated carbocycles. The summed E-state index contributed by atoms with van der Waals surface area (Å²) in [5, 5.41) is 6.61. The molecule has 20 heavy (non-hydrogen) atoms. The maximum Gasteiger partial charge on any atom is 0.0594 e. The van der Waals surface area contributed by atoms with Crippen LogP contribution in [0.3, 0.4) is 0 Å². The lowest BCUT2D eigenvalue weighted by molar-refractivity contribution is 0.0955. The van der Waals surface area contributed by atoms with Gasteiger partial charge < -0.3 is 10.1 Å². The van der Waals surface area contributed by atoms with E-state index in [1.165, 1.54) is 23.8 Å². The normalized spacial score (nSPS) is 20.4. The van der Waals surface area contributed by atoms with Crippen LogP contribution in [0.25, 0.3) is 10.8 Å². The second kappa shape index (κ2) is 6.13. The molecular weight excluding hydrogens is 270 g/mol. The van der Waals surface area contributed by atoms with Gasteiger partial charge in [-0.2, -0.15) is 0 Å². The van der Waals surface area contributed by atoms with E-state index < -0.39 is 0 Å². The molecule has 0 spiro atoms. The molecule has 1 N–H and O–H groups in total. The summed E-state index contributed by atoms with van der Waals surface area (Å²) >= 11 is 6.30. The Kier molecular flexibility index (Phi) is 4.25. The summed E-state index contributed by atoms with van der Waals surface area (Å²) in [7, 11) is 2.02. The zero-order valence-corrected chi connectivity index (χ0v) is 12.5. The minimum atomic E-state index is 0.306. The first-order chi connectivity index (χ1) is 9.79. The number of benzene rings is 2. The van der Waals surface area contributed by atoms with E-state index in [2.05, 4.69) is 29.6 Å². The number of hydrogen-bond donors (Lipinski definition) is 1. The molecule has 0 aromatic heterocycles. The van der Waals surface area contributed by atoms with Gasteiger partial charge in [0.25, 0.3) is 0 Å². The van der Waals surface area contributed by atoms with Crippen molar-refractivity contribution >= 4 is 22.4 Å². The zero-order valence-electron chi connectivity index (χ0n) is 11.7. The van der Waals surface area contributed by atoms with Gasteiger partial charge in [0, 0.05) is 23.1 Å². The fourth-order valence-electron chi connectivity index (χ4n) is 3.08. The molecule has 2 nitrogen and oxygen atoms in total. The highest BCUT2D eigenvalue weighted by molar-refractivity contribution is 6.35. The summed E-state index contributed by atoms with van der Waals surface area (Å²) in [5.74, 6) is 0. The third kappa shape index (κ3) is 2.69. The molecule has 1 saturated heterocycles. The second-order valence-electron chi connectivity index (χ2n) is 5.39. The van der Waals surface area contributed by atoms with Crippen LogP contribution < -0.4 is 5.32 Å². The van der Waals surface area contributed by atoms with E-state index >= 15 is 0 Å². The van der Waals surface area contributed by atoms with E-state index in [1.807, 2.05) is 19.2 Å². The second-order valence-corrected chi connectivity index (χ2v) is 5.80. The van der Waals surface area contributed by atoms with Gasteiger partial charge in [-0.25, -0.2) is 0 Å². The van der Waals surface area contributed by atoms with Crippen molar-refractivity contribution < 1.29 is 4.74 Å². The summed E-state index contributed by atoms with van der Waals surface area (Å²) in [6.45, 7) is 0.905. The Morgan fingerprint density at radius 3 is 2.75 bits per heavy atom. The van der Waals surface area contributed by atoms with Gasteiger partial charge in [-0.15, -0.1) is 0 Å². The highest BCUT2D eigenvalue weighted by atomic mass is 35.5. The van der Waals surface area contributed by atoms with Crippen LogP contribution in [0, 0.1) is 0 Å². The number of fused-ring (bicyclic) bond motifs is 1. The van der Waals surface area contributed by atoms with Gasteiger partial charge in [-0.3, -0.25) is 0 Å². The lowest BCUT2D eigenvalue weighted by Gasteiger charge is -2.22. The van der Waals surface area contributed by atoms with Crippen molar-refractivity contribution in [2.75, 3.05) is 13.7 Å². The molecule has 2 aromatic carbocycles. The molecule has 1 aliphatic heterocycles. The van der Waals surface area contributed by atoms with Crippen molar-refractivity contribution in [3.8, 4) is 0 Å². The number of rotatable bonds is 4. The lowest BCUT2D eigenvalue weighted by atomic mass is 9.94. The Morgan fingerprint density at radius 1 is 1.25 bits per heavy atom. The van der Waals surface area contributed by atoms with E-state index in [0.717, 1.165) is 23.4 Å². The van der Waals surface area contributed by atoms with Gasteiger partial charge in [0.15, 0.2) is 0 Å². The van der Waals surface area contributed by atoms with E-state index in [9.17, 15) is 0 Å². The standard InChI is InChI=1S/C17H20ClNO/c1-19-17(11-12-5-4-10-20-12)15-8-9-16(18)14-7-3-2-6-13(14)15/h2-3,6-9,12,17,19H,4-5,10-11H2,1H3. The van der Waals surface area contributed by atoms with Crippen LogP contribution in [0.4, 0.5) is 0 Å².